The summed E-state index contributed by atoms with van der Waals surface area (Å²) in [5, 5.41) is 17.4. The highest BCUT2D eigenvalue weighted by Crippen LogP contribution is 2.19. The summed E-state index contributed by atoms with van der Waals surface area (Å²) in [6, 6.07) is 9.59. The Kier molecular flexibility index (Phi) is 2.60. The third-order valence-electron chi connectivity index (χ3n) is 3.22. The number of benzene rings is 1. The van der Waals surface area contributed by atoms with Gasteiger partial charge < -0.3 is 15.2 Å². The van der Waals surface area contributed by atoms with Gasteiger partial charge in [0.15, 0.2) is 0 Å². The zero-order valence-electron chi connectivity index (χ0n) is 9.80. The Bertz CT molecular complexity index is 590. The molecule has 0 unspecified atom stereocenters. The van der Waals surface area contributed by atoms with Crippen LogP contribution in [0.2, 0.25) is 0 Å². The Labute approximate surface area is 104 Å². The maximum Gasteiger partial charge on any atom is 0.117 e. The number of para-hydroxylation sites is 1. The molecule has 3 rings (SSSR count). The molecule has 2 N–H and O–H groups in total. The number of hydrogen-bond donors (Lipinski definition) is 1. The van der Waals surface area contributed by atoms with E-state index in [1.807, 2.05) is 30.3 Å². The first-order valence-electron chi connectivity index (χ1n) is 5.96. The number of carboxylic acids is 1. The minimum absolute atomic E-state index is 0.0739. The van der Waals surface area contributed by atoms with Gasteiger partial charge in [-0.3, -0.25) is 0 Å². The number of quaternary nitrogens is 1. The molecule has 5 nitrogen and oxygen atoms in total. The van der Waals surface area contributed by atoms with Crippen molar-refractivity contribution >= 4 is 5.97 Å². The van der Waals surface area contributed by atoms with Crippen molar-refractivity contribution in [3.8, 4) is 5.69 Å². The molecule has 92 valence electrons. The van der Waals surface area contributed by atoms with Crippen LogP contribution in [0.3, 0.4) is 0 Å². The average molecular weight is 243 g/mol. The fraction of sp³-hybridized carbons (Fsp3) is 0.231. The lowest BCUT2D eigenvalue weighted by Gasteiger charge is -2.13. The topological polar surface area (TPSA) is 74.6 Å². The number of carbonyl (C=O) groups is 1. The number of carboxylic acid groups (broad SMARTS) is 1. The summed E-state index contributed by atoms with van der Waals surface area (Å²) in [4.78, 5) is 11.1. The van der Waals surface area contributed by atoms with Gasteiger partial charge in [0, 0.05) is 6.42 Å². The van der Waals surface area contributed by atoms with Crippen LogP contribution < -0.4 is 10.4 Å². The molecule has 0 saturated carbocycles. The minimum Gasteiger partial charge on any atom is -0.543 e. The van der Waals surface area contributed by atoms with Crippen LogP contribution in [0.15, 0.2) is 30.3 Å². The van der Waals surface area contributed by atoms with Crippen molar-refractivity contribution in [3.05, 3.63) is 47.3 Å². The quantitative estimate of drug-likeness (QED) is 0.724. The molecule has 5 heteroatoms. The third-order valence-corrected chi connectivity index (χ3v) is 3.22. The number of aromatic carboxylic acids is 1. The molecule has 0 amide bonds. The molecule has 0 atom stereocenters. The number of rotatable bonds is 2. The van der Waals surface area contributed by atoms with E-state index in [0.29, 0.717) is 6.54 Å². The molecule has 1 aromatic carbocycles. The van der Waals surface area contributed by atoms with Crippen LogP contribution in [0, 0.1) is 0 Å². The number of nitrogens with two attached hydrogens (primary N) is 1. The lowest BCUT2D eigenvalue weighted by atomic mass is 10.1. The number of nitrogens with zero attached hydrogens (tertiary/aromatic N) is 2. The SMILES string of the molecule is O=C([O-])c1nn(-c2ccccc2)c2c1C[NH2+]CC2. The van der Waals surface area contributed by atoms with Crippen molar-refractivity contribution in [2.45, 2.75) is 13.0 Å². The zero-order chi connectivity index (χ0) is 12.5. The molecule has 2 aromatic rings. The van der Waals surface area contributed by atoms with Crippen molar-refractivity contribution in [1.82, 2.24) is 9.78 Å². The highest BCUT2D eigenvalue weighted by molar-refractivity contribution is 5.85. The van der Waals surface area contributed by atoms with Crippen molar-refractivity contribution < 1.29 is 15.2 Å². The van der Waals surface area contributed by atoms with Crippen molar-refractivity contribution in [2.24, 2.45) is 0 Å². The first kappa shape index (κ1) is 11.0. The molecule has 0 fully saturated rings. The van der Waals surface area contributed by atoms with E-state index in [-0.39, 0.29) is 5.69 Å². The molecular formula is C13H13N3O2. The maximum atomic E-state index is 11.1. The Morgan fingerprint density at radius 1 is 1.33 bits per heavy atom. The van der Waals surface area contributed by atoms with Gasteiger partial charge in [-0.15, -0.1) is 0 Å². The van der Waals surface area contributed by atoms with E-state index in [2.05, 4.69) is 10.4 Å². The van der Waals surface area contributed by atoms with Crippen LogP contribution in [-0.4, -0.2) is 22.3 Å². The molecular weight excluding hydrogens is 230 g/mol. The van der Waals surface area contributed by atoms with E-state index in [9.17, 15) is 9.90 Å². The molecule has 0 spiro atoms. The fourth-order valence-electron chi connectivity index (χ4n) is 2.39. The van der Waals surface area contributed by atoms with Gasteiger partial charge in [0.05, 0.1) is 29.5 Å². The second-order valence-electron chi connectivity index (χ2n) is 4.34. The van der Waals surface area contributed by atoms with Crippen LogP contribution in [0.5, 0.6) is 0 Å². The minimum atomic E-state index is -1.20. The van der Waals surface area contributed by atoms with Crippen molar-refractivity contribution in [1.29, 1.82) is 0 Å². The van der Waals surface area contributed by atoms with Crippen molar-refractivity contribution in [2.75, 3.05) is 6.54 Å². The number of carbonyl (C=O) groups excluding carboxylic acids is 1. The lowest BCUT2D eigenvalue weighted by Crippen LogP contribution is -2.84. The number of fused-ring (bicyclic) bond motifs is 1. The first-order valence-corrected chi connectivity index (χ1v) is 5.96. The predicted molar refractivity (Wildman–Crippen MR) is 62.1 cm³/mol. The summed E-state index contributed by atoms with van der Waals surface area (Å²) in [5.41, 5.74) is 2.75. The van der Waals surface area contributed by atoms with E-state index >= 15 is 0 Å². The maximum absolute atomic E-state index is 11.1. The van der Waals surface area contributed by atoms with E-state index < -0.39 is 5.97 Å². The Morgan fingerprint density at radius 2 is 2.11 bits per heavy atom. The van der Waals surface area contributed by atoms with Gasteiger partial charge in [-0.2, -0.15) is 5.10 Å². The number of hydrogen-bond acceptors (Lipinski definition) is 3. The van der Waals surface area contributed by atoms with E-state index in [4.69, 9.17) is 0 Å². The van der Waals surface area contributed by atoms with E-state index in [0.717, 1.165) is 29.9 Å². The molecule has 1 aliphatic rings. The second kappa shape index (κ2) is 4.27. The highest BCUT2D eigenvalue weighted by atomic mass is 16.4. The molecule has 0 bridgehead atoms. The third kappa shape index (κ3) is 1.69. The van der Waals surface area contributed by atoms with Crippen LogP contribution in [0.1, 0.15) is 21.7 Å². The Morgan fingerprint density at radius 3 is 2.83 bits per heavy atom. The summed E-state index contributed by atoms with van der Waals surface area (Å²) >= 11 is 0. The molecule has 0 radical (unpaired) electrons. The summed E-state index contributed by atoms with van der Waals surface area (Å²) in [6.45, 7) is 1.61. The Balaban J connectivity index is 2.18. The normalized spacial score (nSPS) is 14.2. The molecule has 1 aliphatic heterocycles. The standard InChI is InChI=1S/C13H13N3O2/c17-13(18)12-10-8-14-7-6-11(10)16(15-12)9-4-2-1-3-5-9/h1-5,14H,6-8H2,(H,17,18). The van der Waals surface area contributed by atoms with Crippen molar-refractivity contribution in [3.63, 3.8) is 0 Å². The Hall–Kier alpha value is -2.14. The first-order chi connectivity index (χ1) is 8.77. The smallest absolute Gasteiger partial charge is 0.117 e. The van der Waals surface area contributed by atoms with Gasteiger partial charge in [0.25, 0.3) is 0 Å². The highest BCUT2D eigenvalue weighted by Gasteiger charge is 2.23. The summed E-state index contributed by atoms with van der Waals surface area (Å²) in [7, 11) is 0. The van der Waals surface area contributed by atoms with Gasteiger partial charge in [-0.25, -0.2) is 4.68 Å². The predicted octanol–water partition coefficient (Wildman–Crippen LogP) is -1.14. The fourth-order valence-corrected chi connectivity index (χ4v) is 2.39. The number of aromatic nitrogens is 2. The van der Waals surface area contributed by atoms with Crippen LogP contribution in [0.4, 0.5) is 0 Å². The molecule has 0 aliphatic carbocycles. The second-order valence-corrected chi connectivity index (χ2v) is 4.34. The summed E-state index contributed by atoms with van der Waals surface area (Å²) in [6.07, 6.45) is 0.824. The molecule has 0 saturated heterocycles. The summed E-state index contributed by atoms with van der Waals surface area (Å²) < 4.78 is 1.73. The van der Waals surface area contributed by atoms with Gasteiger partial charge in [0.2, 0.25) is 0 Å². The van der Waals surface area contributed by atoms with Crippen LogP contribution in [0.25, 0.3) is 5.69 Å². The largest absolute Gasteiger partial charge is 0.543 e. The molecule has 1 aromatic heterocycles. The van der Waals surface area contributed by atoms with E-state index in [1.54, 1.807) is 4.68 Å². The van der Waals surface area contributed by atoms with Crippen LogP contribution >= 0.6 is 0 Å². The van der Waals surface area contributed by atoms with Gasteiger partial charge >= 0.3 is 0 Å². The average Bonchev–Trinajstić information content (AvgIpc) is 2.79. The van der Waals surface area contributed by atoms with Gasteiger partial charge in [-0.05, 0) is 12.1 Å². The summed E-state index contributed by atoms with van der Waals surface area (Å²) in [5.74, 6) is -1.20. The van der Waals surface area contributed by atoms with E-state index in [1.165, 1.54) is 0 Å². The zero-order valence-corrected chi connectivity index (χ0v) is 9.80. The van der Waals surface area contributed by atoms with Crippen LogP contribution in [-0.2, 0) is 13.0 Å². The molecule has 18 heavy (non-hydrogen) atoms. The molecule has 2 heterocycles. The lowest BCUT2D eigenvalue weighted by molar-refractivity contribution is -0.673. The monoisotopic (exact) mass is 243 g/mol. The van der Waals surface area contributed by atoms with Gasteiger partial charge in [0.1, 0.15) is 12.2 Å². The van der Waals surface area contributed by atoms with Gasteiger partial charge in [-0.1, -0.05) is 18.2 Å².